The van der Waals surface area contributed by atoms with E-state index in [9.17, 15) is 4.39 Å². The van der Waals surface area contributed by atoms with Gasteiger partial charge in [-0.25, -0.2) is 15.2 Å². The number of nitrogens with one attached hydrogen (secondary N) is 3. The normalized spacial score (nSPS) is 10.6. The van der Waals surface area contributed by atoms with Crippen LogP contribution in [0, 0.1) is 5.82 Å². The van der Waals surface area contributed by atoms with Crippen molar-refractivity contribution in [3.8, 4) is 11.4 Å². The van der Waals surface area contributed by atoms with Crippen LogP contribution >= 0.6 is 12.2 Å². The first-order chi connectivity index (χ1) is 10.2. The van der Waals surface area contributed by atoms with Gasteiger partial charge < -0.3 is 15.7 Å². The Morgan fingerprint density at radius 1 is 1.19 bits per heavy atom. The summed E-state index contributed by atoms with van der Waals surface area (Å²) in [6.45, 7) is 0. The molecule has 0 atom stereocenters. The van der Waals surface area contributed by atoms with E-state index >= 15 is 0 Å². The molecule has 0 radical (unpaired) electrons. The summed E-state index contributed by atoms with van der Waals surface area (Å²) in [6, 6.07) is 11.8. The van der Waals surface area contributed by atoms with Crippen LogP contribution in [0.2, 0.25) is 0 Å². The Kier molecular flexibility index (Phi) is 3.51. The van der Waals surface area contributed by atoms with E-state index in [4.69, 9.17) is 18.1 Å². The Morgan fingerprint density at radius 3 is 2.67 bits per heavy atom. The fraction of sp³-hybridized carbons (Fsp3) is 0. The van der Waals surface area contributed by atoms with E-state index in [-0.39, 0.29) is 5.82 Å². The molecule has 5 nitrogen and oxygen atoms in total. The Labute approximate surface area is 125 Å². The minimum absolute atomic E-state index is 0.274. The maximum absolute atomic E-state index is 12.9. The van der Waals surface area contributed by atoms with Gasteiger partial charge in [-0.2, -0.15) is 0 Å². The van der Waals surface area contributed by atoms with Crippen molar-refractivity contribution >= 4 is 34.1 Å². The van der Waals surface area contributed by atoms with Crippen LogP contribution in [0.25, 0.3) is 22.4 Å². The van der Waals surface area contributed by atoms with Crippen LogP contribution in [-0.4, -0.2) is 15.1 Å². The van der Waals surface area contributed by atoms with E-state index in [1.807, 2.05) is 18.2 Å². The molecule has 0 amide bonds. The van der Waals surface area contributed by atoms with Crippen LogP contribution in [0.15, 0.2) is 42.5 Å². The van der Waals surface area contributed by atoms with Crippen LogP contribution in [0.1, 0.15) is 0 Å². The molecule has 0 saturated heterocycles. The van der Waals surface area contributed by atoms with E-state index in [1.165, 1.54) is 12.1 Å². The molecule has 7 heteroatoms. The van der Waals surface area contributed by atoms with Crippen molar-refractivity contribution in [2.45, 2.75) is 0 Å². The third kappa shape index (κ3) is 2.83. The summed E-state index contributed by atoms with van der Waals surface area (Å²) in [5.74, 6) is 5.63. The molecular weight excluding hydrogens is 289 g/mol. The molecule has 2 aromatic carbocycles. The zero-order valence-corrected chi connectivity index (χ0v) is 11.7. The molecule has 3 rings (SSSR count). The number of imidazole rings is 1. The van der Waals surface area contributed by atoms with Crippen molar-refractivity contribution in [2.24, 2.45) is 5.84 Å². The summed E-state index contributed by atoms with van der Waals surface area (Å²) in [5, 5.41) is 3.26. The smallest absolute Gasteiger partial charge is 0.185 e. The molecule has 5 N–H and O–H groups in total. The molecule has 0 aliphatic rings. The van der Waals surface area contributed by atoms with E-state index in [0.717, 1.165) is 22.3 Å². The van der Waals surface area contributed by atoms with Crippen LogP contribution in [0.5, 0.6) is 0 Å². The fourth-order valence-corrected chi connectivity index (χ4v) is 2.12. The molecule has 0 fully saturated rings. The zero-order chi connectivity index (χ0) is 14.8. The highest BCUT2D eigenvalue weighted by Crippen LogP contribution is 2.23. The zero-order valence-electron chi connectivity index (χ0n) is 10.9. The van der Waals surface area contributed by atoms with Crippen LogP contribution < -0.4 is 16.6 Å². The maximum Gasteiger partial charge on any atom is 0.185 e. The van der Waals surface area contributed by atoms with Crippen LogP contribution in [0.4, 0.5) is 10.1 Å². The number of hydrogen-bond donors (Lipinski definition) is 4. The number of benzene rings is 2. The molecule has 0 saturated carbocycles. The molecule has 21 heavy (non-hydrogen) atoms. The molecule has 0 bridgehead atoms. The number of hydrazine groups is 1. The van der Waals surface area contributed by atoms with Crippen molar-refractivity contribution in [1.82, 2.24) is 15.4 Å². The number of nitrogens with two attached hydrogens (primary N) is 1. The molecular formula is C14H12FN5S. The van der Waals surface area contributed by atoms with E-state index < -0.39 is 0 Å². The number of rotatable bonds is 2. The predicted octanol–water partition coefficient (Wildman–Crippen LogP) is 2.53. The van der Waals surface area contributed by atoms with Gasteiger partial charge in [-0.05, 0) is 54.7 Å². The summed E-state index contributed by atoms with van der Waals surface area (Å²) in [6.07, 6.45) is 0. The van der Waals surface area contributed by atoms with Gasteiger partial charge in [0.2, 0.25) is 0 Å². The van der Waals surface area contributed by atoms with Crippen molar-refractivity contribution in [1.29, 1.82) is 0 Å². The van der Waals surface area contributed by atoms with Gasteiger partial charge in [-0.3, -0.25) is 0 Å². The lowest BCUT2D eigenvalue weighted by Crippen LogP contribution is -2.34. The van der Waals surface area contributed by atoms with Gasteiger partial charge in [-0.1, -0.05) is 0 Å². The van der Waals surface area contributed by atoms with Gasteiger partial charge in [0.1, 0.15) is 11.6 Å². The average molecular weight is 301 g/mol. The summed E-state index contributed by atoms with van der Waals surface area (Å²) < 4.78 is 12.9. The standard InChI is InChI=1S/C14H12FN5S/c15-9-3-1-8(2-4-9)13-18-11-6-5-10(7-12(11)19-13)17-14(21)20-16/h1-7H,16H2,(H,18,19)(H2,17,20,21). The van der Waals surface area contributed by atoms with Gasteiger partial charge in [-0.15, -0.1) is 0 Å². The van der Waals surface area contributed by atoms with Gasteiger partial charge >= 0.3 is 0 Å². The highest BCUT2D eigenvalue weighted by molar-refractivity contribution is 7.80. The summed E-state index contributed by atoms with van der Waals surface area (Å²) in [7, 11) is 0. The molecule has 0 aliphatic heterocycles. The van der Waals surface area contributed by atoms with Crippen molar-refractivity contribution < 1.29 is 4.39 Å². The summed E-state index contributed by atoms with van der Waals surface area (Å²) >= 11 is 4.95. The molecule has 0 unspecified atom stereocenters. The van der Waals surface area contributed by atoms with E-state index in [2.05, 4.69) is 20.7 Å². The molecule has 1 aromatic heterocycles. The lowest BCUT2D eigenvalue weighted by Gasteiger charge is -2.05. The number of nitrogens with zero attached hydrogens (tertiary/aromatic N) is 1. The van der Waals surface area contributed by atoms with Gasteiger partial charge in [0, 0.05) is 11.3 Å². The quantitative estimate of drug-likeness (QED) is 0.332. The van der Waals surface area contributed by atoms with E-state index in [0.29, 0.717) is 10.9 Å². The third-order valence-corrected chi connectivity index (χ3v) is 3.21. The molecule has 106 valence electrons. The highest BCUT2D eigenvalue weighted by Gasteiger charge is 2.06. The van der Waals surface area contributed by atoms with Crippen molar-refractivity contribution in [2.75, 3.05) is 5.32 Å². The monoisotopic (exact) mass is 301 g/mol. The number of aromatic nitrogens is 2. The first-order valence-corrected chi connectivity index (χ1v) is 6.60. The number of aromatic amines is 1. The lowest BCUT2D eigenvalue weighted by molar-refractivity contribution is 0.628. The number of halogens is 1. The van der Waals surface area contributed by atoms with Crippen molar-refractivity contribution in [3.05, 3.63) is 48.3 Å². The number of fused-ring (bicyclic) bond motifs is 1. The summed E-state index contributed by atoms with van der Waals surface area (Å²) in [4.78, 5) is 7.67. The second-order valence-corrected chi connectivity index (χ2v) is 4.83. The Bertz CT molecular complexity index is 797. The average Bonchev–Trinajstić information content (AvgIpc) is 2.91. The Balaban J connectivity index is 1.96. The second kappa shape index (κ2) is 5.47. The Morgan fingerprint density at radius 2 is 1.95 bits per heavy atom. The molecule has 0 aliphatic carbocycles. The molecule has 0 spiro atoms. The van der Waals surface area contributed by atoms with Gasteiger partial charge in [0.15, 0.2) is 5.11 Å². The van der Waals surface area contributed by atoms with Gasteiger partial charge in [0.25, 0.3) is 0 Å². The maximum atomic E-state index is 12.9. The number of hydrogen-bond acceptors (Lipinski definition) is 3. The Hall–Kier alpha value is -2.51. The minimum atomic E-state index is -0.274. The molecule has 3 aromatic rings. The minimum Gasteiger partial charge on any atom is -0.338 e. The van der Waals surface area contributed by atoms with Gasteiger partial charge in [0.05, 0.1) is 11.0 Å². The van der Waals surface area contributed by atoms with E-state index in [1.54, 1.807) is 12.1 Å². The second-order valence-electron chi connectivity index (χ2n) is 4.42. The largest absolute Gasteiger partial charge is 0.338 e. The number of thiocarbonyl (C=S) groups is 1. The first-order valence-electron chi connectivity index (χ1n) is 6.19. The van der Waals surface area contributed by atoms with Crippen molar-refractivity contribution in [3.63, 3.8) is 0 Å². The van der Waals surface area contributed by atoms with Crippen LogP contribution in [0.3, 0.4) is 0 Å². The number of anilines is 1. The third-order valence-electron chi connectivity index (χ3n) is 2.99. The first kappa shape index (κ1) is 13.5. The summed E-state index contributed by atoms with van der Waals surface area (Å²) in [5.41, 5.74) is 5.63. The highest BCUT2D eigenvalue weighted by atomic mass is 32.1. The predicted molar refractivity (Wildman–Crippen MR) is 85.0 cm³/mol. The fourth-order valence-electron chi connectivity index (χ4n) is 2.00. The topological polar surface area (TPSA) is 78.8 Å². The molecule has 1 heterocycles. The number of H-pyrrole nitrogens is 1. The SMILES string of the molecule is NNC(=S)Nc1ccc2nc(-c3ccc(F)cc3)[nH]c2c1. The van der Waals surface area contributed by atoms with Crippen LogP contribution in [-0.2, 0) is 0 Å². The lowest BCUT2D eigenvalue weighted by atomic mass is 10.2.